The van der Waals surface area contributed by atoms with E-state index in [1.54, 1.807) is 6.26 Å². The highest BCUT2D eigenvalue weighted by atomic mass is 32.1. The molecule has 0 unspecified atom stereocenters. The zero-order valence-electron chi connectivity index (χ0n) is 10.1. The Morgan fingerprint density at radius 3 is 2.59 bits per heavy atom. The van der Waals surface area contributed by atoms with Crippen LogP contribution in [0.4, 0.5) is 0 Å². The number of hydrogen-bond donors (Lipinski definition) is 2. The van der Waals surface area contributed by atoms with Gasteiger partial charge in [-0.25, -0.2) is 4.98 Å². The van der Waals surface area contributed by atoms with E-state index in [9.17, 15) is 0 Å². The summed E-state index contributed by atoms with van der Waals surface area (Å²) in [5.41, 5.74) is 6.31. The van der Waals surface area contributed by atoms with E-state index in [0.717, 1.165) is 15.6 Å². The minimum atomic E-state index is -0.137. The molecule has 2 aromatic rings. The molecule has 2 aromatic heterocycles. The van der Waals surface area contributed by atoms with Crippen molar-refractivity contribution in [2.24, 2.45) is 5.73 Å². The second kappa shape index (κ2) is 4.00. The van der Waals surface area contributed by atoms with Crippen molar-refractivity contribution < 1.29 is 4.42 Å². The fraction of sp³-hybridized carbons (Fsp3) is 0.333. The van der Waals surface area contributed by atoms with Crippen molar-refractivity contribution in [2.45, 2.75) is 26.2 Å². The smallest absolute Gasteiger partial charge is 0.162 e. The summed E-state index contributed by atoms with van der Waals surface area (Å²) in [7, 11) is 0. The number of rotatable bonds is 2. The maximum Gasteiger partial charge on any atom is 0.162 e. The molecule has 4 nitrogen and oxygen atoms in total. The first-order valence-corrected chi connectivity index (χ1v) is 6.11. The summed E-state index contributed by atoms with van der Waals surface area (Å²) in [5.74, 6) is 0.776. The summed E-state index contributed by atoms with van der Waals surface area (Å²) in [5, 5.41) is 8.38. The molecule has 0 aliphatic rings. The molecule has 0 bridgehead atoms. The van der Waals surface area contributed by atoms with E-state index in [1.165, 1.54) is 11.3 Å². The fourth-order valence-corrected chi connectivity index (χ4v) is 2.62. The van der Waals surface area contributed by atoms with Crippen molar-refractivity contribution in [3.63, 3.8) is 0 Å². The molecule has 0 saturated carbocycles. The van der Waals surface area contributed by atoms with Crippen LogP contribution in [0.15, 0.2) is 22.8 Å². The number of aromatic nitrogens is 1. The number of nitrogens with zero attached hydrogens (tertiary/aromatic N) is 1. The summed E-state index contributed by atoms with van der Waals surface area (Å²) < 4.78 is 5.32. The van der Waals surface area contributed by atoms with Gasteiger partial charge < -0.3 is 10.2 Å². The molecule has 0 fully saturated rings. The third-order valence-electron chi connectivity index (χ3n) is 2.31. The first kappa shape index (κ1) is 11.9. The van der Waals surface area contributed by atoms with Crippen molar-refractivity contribution >= 4 is 17.2 Å². The monoisotopic (exact) mass is 249 g/mol. The van der Waals surface area contributed by atoms with Gasteiger partial charge in [-0.3, -0.25) is 5.41 Å². The molecule has 0 aliphatic carbocycles. The Morgan fingerprint density at radius 2 is 2.18 bits per heavy atom. The van der Waals surface area contributed by atoms with Crippen LogP contribution < -0.4 is 5.73 Å². The van der Waals surface area contributed by atoms with Crippen LogP contribution in [0.25, 0.3) is 10.8 Å². The Balaban J connectivity index is 2.56. The number of amidine groups is 1. The van der Waals surface area contributed by atoms with Gasteiger partial charge in [-0.2, -0.15) is 0 Å². The molecule has 0 aromatic carbocycles. The van der Waals surface area contributed by atoms with Crippen molar-refractivity contribution in [3.8, 4) is 10.8 Å². The summed E-state index contributed by atoms with van der Waals surface area (Å²) in [6.07, 6.45) is 1.61. The molecule has 2 heterocycles. The Labute approximate surface area is 104 Å². The van der Waals surface area contributed by atoms with E-state index in [2.05, 4.69) is 25.8 Å². The SMILES string of the molecule is CC(C)(C)c1nc(-c2ccco2)sc1C(=N)N. The maximum absolute atomic E-state index is 7.61. The van der Waals surface area contributed by atoms with Crippen molar-refractivity contribution in [2.75, 3.05) is 0 Å². The molecular formula is C12H15N3OS. The first-order chi connectivity index (χ1) is 7.89. The van der Waals surface area contributed by atoms with E-state index in [0.29, 0.717) is 5.76 Å². The van der Waals surface area contributed by atoms with E-state index in [4.69, 9.17) is 15.6 Å². The minimum absolute atomic E-state index is 0.0604. The van der Waals surface area contributed by atoms with Gasteiger partial charge in [-0.05, 0) is 12.1 Å². The van der Waals surface area contributed by atoms with Crippen LogP contribution in [-0.2, 0) is 5.41 Å². The maximum atomic E-state index is 7.61. The molecule has 0 aliphatic heterocycles. The summed E-state index contributed by atoms with van der Waals surface area (Å²) in [6.45, 7) is 6.17. The average Bonchev–Trinajstić information content (AvgIpc) is 2.85. The van der Waals surface area contributed by atoms with E-state index in [-0.39, 0.29) is 11.3 Å². The Bertz CT molecular complexity index is 535. The minimum Gasteiger partial charge on any atom is -0.462 e. The highest BCUT2D eigenvalue weighted by Gasteiger charge is 2.25. The van der Waals surface area contributed by atoms with Crippen LogP contribution >= 0.6 is 11.3 Å². The predicted molar refractivity (Wildman–Crippen MR) is 69.5 cm³/mol. The predicted octanol–water partition coefficient (Wildman–Crippen LogP) is 2.98. The Kier molecular flexibility index (Phi) is 2.79. The standard InChI is InChI=1S/C12H15N3OS/c1-12(2,3)9-8(10(13)14)17-11(15-9)7-5-4-6-16-7/h4-6H,1-3H3,(H3,13,14). The molecule has 90 valence electrons. The highest BCUT2D eigenvalue weighted by Crippen LogP contribution is 2.34. The third kappa shape index (κ3) is 2.24. The topological polar surface area (TPSA) is 75.9 Å². The lowest BCUT2D eigenvalue weighted by Gasteiger charge is -2.16. The number of nitrogen functional groups attached to an aromatic ring is 1. The van der Waals surface area contributed by atoms with Gasteiger partial charge in [0.05, 0.1) is 16.8 Å². The number of hydrogen-bond acceptors (Lipinski definition) is 4. The zero-order valence-corrected chi connectivity index (χ0v) is 10.9. The molecule has 0 radical (unpaired) electrons. The lowest BCUT2D eigenvalue weighted by molar-refractivity contribution is 0.565. The molecule has 5 heteroatoms. The normalized spacial score (nSPS) is 11.7. The number of nitrogens with one attached hydrogen (secondary N) is 1. The van der Waals surface area contributed by atoms with Crippen LogP contribution in [0.3, 0.4) is 0 Å². The van der Waals surface area contributed by atoms with Gasteiger partial charge in [0.2, 0.25) is 0 Å². The van der Waals surface area contributed by atoms with Gasteiger partial charge >= 0.3 is 0 Å². The number of furan rings is 1. The number of nitrogens with two attached hydrogens (primary N) is 1. The molecule has 0 spiro atoms. The molecular weight excluding hydrogens is 234 g/mol. The number of thiazole rings is 1. The van der Waals surface area contributed by atoms with E-state index >= 15 is 0 Å². The first-order valence-electron chi connectivity index (χ1n) is 5.29. The summed E-state index contributed by atoms with van der Waals surface area (Å²) in [4.78, 5) is 5.27. The van der Waals surface area contributed by atoms with Crippen LogP contribution in [0, 0.1) is 5.41 Å². The van der Waals surface area contributed by atoms with Gasteiger partial charge in [0.1, 0.15) is 5.84 Å². The van der Waals surface area contributed by atoms with Gasteiger partial charge in [-0.15, -0.1) is 11.3 Å². The zero-order chi connectivity index (χ0) is 12.6. The lowest BCUT2D eigenvalue weighted by Crippen LogP contribution is -2.19. The van der Waals surface area contributed by atoms with Crippen LogP contribution in [-0.4, -0.2) is 10.8 Å². The molecule has 17 heavy (non-hydrogen) atoms. The second-order valence-corrected chi connectivity index (χ2v) is 5.84. The highest BCUT2D eigenvalue weighted by molar-refractivity contribution is 7.17. The van der Waals surface area contributed by atoms with E-state index < -0.39 is 0 Å². The van der Waals surface area contributed by atoms with Crippen molar-refractivity contribution in [3.05, 3.63) is 29.0 Å². The van der Waals surface area contributed by atoms with Crippen molar-refractivity contribution in [1.29, 1.82) is 5.41 Å². The molecule has 3 N–H and O–H groups in total. The second-order valence-electron chi connectivity index (χ2n) is 4.84. The van der Waals surface area contributed by atoms with Gasteiger partial charge in [-0.1, -0.05) is 20.8 Å². The van der Waals surface area contributed by atoms with Gasteiger partial charge in [0.25, 0.3) is 0 Å². The Morgan fingerprint density at radius 1 is 1.47 bits per heavy atom. The largest absolute Gasteiger partial charge is 0.462 e. The Hall–Kier alpha value is -1.62. The molecule has 0 amide bonds. The molecule has 0 atom stereocenters. The fourth-order valence-electron chi connectivity index (χ4n) is 1.52. The average molecular weight is 249 g/mol. The van der Waals surface area contributed by atoms with Crippen LogP contribution in [0.5, 0.6) is 0 Å². The molecule has 2 rings (SSSR count). The van der Waals surface area contributed by atoms with E-state index in [1.807, 2.05) is 12.1 Å². The van der Waals surface area contributed by atoms with Crippen LogP contribution in [0.1, 0.15) is 31.3 Å². The van der Waals surface area contributed by atoms with Crippen molar-refractivity contribution in [1.82, 2.24) is 4.98 Å². The van der Waals surface area contributed by atoms with Gasteiger partial charge in [0.15, 0.2) is 10.8 Å². The van der Waals surface area contributed by atoms with Crippen LogP contribution in [0.2, 0.25) is 0 Å². The molecule has 0 saturated heterocycles. The lowest BCUT2D eigenvalue weighted by atomic mass is 9.91. The summed E-state index contributed by atoms with van der Waals surface area (Å²) in [6, 6.07) is 3.68. The summed E-state index contributed by atoms with van der Waals surface area (Å²) >= 11 is 1.40. The van der Waals surface area contributed by atoms with Gasteiger partial charge in [0, 0.05) is 5.41 Å². The third-order valence-corrected chi connectivity index (χ3v) is 3.42. The quantitative estimate of drug-likeness (QED) is 0.634.